The van der Waals surface area contributed by atoms with Crippen molar-refractivity contribution in [1.29, 1.82) is 0 Å². The summed E-state index contributed by atoms with van der Waals surface area (Å²) < 4.78 is 13.7. The minimum Gasteiger partial charge on any atom is -0.373 e. The Balaban J connectivity index is 1.31. The Morgan fingerprint density at radius 3 is 2.43 bits per heavy atom. The number of aromatic nitrogens is 4. The first-order chi connectivity index (χ1) is 17.8. The maximum absolute atomic E-state index is 13.7. The van der Waals surface area contributed by atoms with Gasteiger partial charge in [0.1, 0.15) is 29.6 Å². The van der Waals surface area contributed by atoms with Gasteiger partial charge in [-0.2, -0.15) is 9.97 Å². The Labute approximate surface area is 217 Å². The summed E-state index contributed by atoms with van der Waals surface area (Å²) in [5, 5.41) is 7.09. The molecule has 3 aliphatic rings. The predicted molar refractivity (Wildman–Crippen MR) is 145 cm³/mol. The predicted octanol–water partition coefficient (Wildman–Crippen LogP) is 4.90. The Morgan fingerprint density at radius 2 is 1.76 bits per heavy atom. The van der Waals surface area contributed by atoms with E-state index in [0.717, 1.165) is 60.5 Å². The van der Waals surface area contributed by atoms with Crippen LogP contribution in [0.5, 0.6) is 0 Å². The fraction of sp³-hybridized carbons (Fsp3) is 0.500. The number of benzene rings is 1. The molecule has 6 rings (SSSR count). The van der Waals surface area contributed by atoms with Gasteiger partial charge < -0.3 is 20.4 Å². The van der Waals surface area contributed by atoms with Gasteiger partial charge in [-0.25, -0.2) is 14.4 Å². The van der Waals surface area contributed by atoms with Crippen LogP contribution in [0, 0.1) is 24.6 Å². The van der Waals surface area contributed by atoms with E-state index in [9.17, 15) is 4.39 Å². The van der Waals surface area contributed by atoms with E-state index < -0.39 is 0 Å². The Kier molecular flexibility index (Phi) is 5.88. The van der Waals surface area contributed by atoms with Crippen molar-refractivity contribution in [2.75, 3.05) is 47.1 Å². The van der Waals surface area contributed by atoms with E-state index in [1.54, 1.807) is 6.33 Å². The molecule has 4 heterocycles. The molecule has 2 N–H and O–H groups in total. The zero-order chi connectivity index (χ0) is 25.7. The third kappa shape index (κ3) is 4.34. The standard InChI is InChI=1S/C28H35FN8/c1-17-13-22(32-16-31-17)36-14-18-5-6-19(15-36)24(18)33-27-34-25(30-4)23-26(35-27)37(12-11-28(23,2)3)21-9-7-20(29)8-10-21/h7-10,13,16,18-19,24H,5-6,11-12,14-15H2,1-4H3,(H2,30,33,34,35)/t18-,19+,24+. The number of hydrogen-bond donors (Lipinski definition) is 2. The topological polar surface area (TPSA) is 82.1 Å². The minimum absolute atomic E-state index is 0.0806. The molecule has 2 fully saturated rings. The van der Waals surface area contributed by atoms with Crippen LogP contribution >= 0.6 is 0 Å². The number of fused-ring (bicyclic) bond motifs is 3. The molecule has 1 saturated carbocycles. The average molecular weight is 503 g/mol. The molecule has 3 atom stereocenters. The molecule has 3 aromatic rings. The lowest BCUT2D eigenvalue weighted by molar-refractivity contribution is 0.374. The lowest BCUT2D eigenvalue weighted by Crippen LogP contribution is -2.48. The molecule has 0 radical (unpaired) electrons. The largest absolute Gasteiger partial charge is 0.373 e. The number of anilines is 5. The van der Waals surface area contributed by atoms with E-state index in [4.69, 9.17) is 9.97 Å². The maximum Gasteiger partial charge on any atom is 0.226 e. The van der Waals surface area contributed by atoms with Crippen LogP contribution in [-0.4, -0.2) is 52.7 Å². The number of aryl methyl sites for hydroxylation is 1. The second-order valence-corrected chi connectivity index (χ2v) is 11.3. The molecule has 8 nitrogen and oxygen atoms in total. The lowest BCUT2D eigenvalue weighted by atomic mass is 9.79. The zero-order valence-corrected chi connectivity index (χ0v) is 22.0. The summed E-state index contributed by atoms with van der Waals surface area (Å²) in [6, 6.07) is 9.08. The highest BCUT2D eigenvalue weighted by Crippen LogP contribution is 2.46. The number of halogens is 1. The fourth-order valence-electron chi connectivity index (χ4n) is 6.42. The molecule has 2 bridgehead atoms. The van der Waals surface area contributed by atoms with Gasteiger partial charge in [-0.1, -0.05) is 13.8 Å². The van der Waals surface area contributed by atoms with Crippen molar-refractivity contribution < 1.29 is 4.39 Å². The van der Waals surface area contributed by atoms with Gasteiger partial charge in [0.2, 0.25) is 5.95 Å². The summed E-state index contributed by atoms with van der Waals surface area (Å²) in [4.78, 5) is 23.5. The van der Waals surface area contributed by atoms with E-state index in [-0.39, 0.29) is 11.2 Å². The van der Waals surface area contributed by atoms with Gasteiger partial charge in [-0.05, 0) is 67.7 Å². The molecule has 0 spiro atoms. The van der Waals surface area contributed by atoms with Crippen LogP contribution in [0.4, 0.5) is 33.5 Å². The lowest BCUT2D eigenvalue weighted by Gasteiger charge is -2.41. The van der Waals surface area contributed by atoms with Gasteiger partial charge in [-0.15, -0.1) is 0 Å². The molecule has 9 heteroatoms. The van der Waals surface area contributed by atoms with E-state index in [2.05, 4.69) is 50.3 Å². The normalized spacial score (nSPS) is 24.1. The first-order valence-corrected chi connectivity index (χ1v) is 13.3. The summed E-state index contributed by atoms with van der Waals surface area (Å²) in [6.07, 6.45) is 4.97. The molecule has 1 aliphatic carbocycles. The van der Waals surface area contributed by atoms with Crippen LogP contribution in [0.1, 0.15) is 44.4 Å². The Hall–Kier alpha value is -3.49. The molecule has 0 unspecified atom stereocenters. The quantitative estimate of drug-likeness (QED) is 0.510. The second kappa shape index (κ2) is 9.11. The van der Waals surface area contributed by atoms with Crippen LogP contribution in [0.25, 0.3) is 0 Å². The van der Waals surface area contributed by atoms with Crippen molar-refractivity contribution in [2.24, 2.45) is 11.8 Å². The van der Waals surface area contributed by atoms with E-state index in [1.165, 1.54) is 25.0 Å². The van der Waals surface area contributed by atoms with Crippen molar-refractivity contribution >= 4 is 29.1 Å². The smallest absolute Gasteiger partial charge is 0.226 e. The monoisotopic (exact) mass is 502 g/mol. The molecule has 2 aliphatic heterocycles. The number of nitrogens with one attached hydrogen (secondary N) is 2. The summed E-state index contributed by atoms with van der Waals surface area (Å²) in [7, 11) is 1.92. The van der Waals surface area contributed by atoms with Crippen LogP contribution in [0.2, 0.25) is 0 Å². The number of piperidine rings is 1. The zero-order valence-electron chi connectivity index (χ0n) is 22.0. The molecule has 1 aromatic carbocycles. The van der Waals surface area contributed by atoms with Gasteiger partial charge in [-0.3, -0.25) is 0 Å². The second-order valence-electron chi connectivity index (χ2n) is 11.3. The highest BCUT2D eigenvalue weighted by atomic mass is 19.1. The number of rotatable bonds is 5. The molecule has 1 saturated heterocycles. The number of nitrogens with zero attached hydrogens (tertiary/aromatic N) is 6. The van der Waals surface area contributed by atoms with Gasteiger partial charge in [0.15, 0.2) is 0 Å². The van der Waals surface area contributed by atoms with Crippen LogP contribution in [0.3, 0.4) is 0 Å². The van der Waals surface area contributed by atoms with Crippen LogP contribution < -0.4 is 20.4 Å². The molecule has 37 heavy (non-hydrogen) atoms. The Bertz CT molecular complexity index is 1280. The van der Waals surface area contributed by atoms with Crippen molar-refractivity contribution in [1.82, 2.24) is 19.9 Å². The molecular weight excluding hydrogens is 467 g/mol. The Morgan fingerprint density at radius 1 is 1.03 bits per heavy atom. The van der Waals surface area contributed by atoms with E-state index in [0.29, 0.717) is 23.8 Å². The van der Waals surface area contributed by atoms with Crippen molar-refractivity contribution in [3.8, 4) is 0 Å². The van der Waals surface area contributed by atoms with Gasteiger partial charge in [0.05, 0.1) is 0 Å². The number of hydrogen-bond acceptors (Lipinski definition) is 8. The maximum atomic E-state index is 13.7. The molecular formula is C28H35FN8. The van der Waals surface area contributed by atoms with Crippen molar-refractivity contribution in [2.45, 2.75) is 51.5 Å². The summed E-state index contributed by atoms with van der Waals surface area (Å²) in [6.45, 7) is 9.24. The van der Waals surface area contributed by atoms with Gasteiger partial charge in [0, 0.05) is 55.7 Å². The van der Waals surface area contributed by atoms with Gasteiger partial charge >= 0.3 is 0 Å². The van der Waals surface area contributed by atoms with Gasteiger partial charge in [0.25, 0.3) is 0 Å². The molecule has 194 valence electrons. The highest BCUT2D eigenvalue weighted by molar-refractivity contribution is 5.73. The fourth-order valence-corrected chi connectivity index (χ4v) is 6.42. The van der Waals surface area contributed by atoms with E-state index in [1.807, 2.05) is 26.1 Å². The minimum atomic E-state index is -0.235. The van der Waals surface area contributed by atoms with Crippen LogP contribution in [-0.2, 0) is 5.41 Å². The molecule has 0 amide bonds. The third-order valence-electron chi connectivity index (χ3n) is 8.40. The van der Waals surface area contributed by atoms with Crippen molar-refractivity contribution in [3.63, 3.8) is 0 Å². The first kappa shape index (κ1) is 23.9. The summed E-state index contributed by atoms with van der Waals surface area (Å²) >= 11 is 0. The average Bonchev–Trinajstić information content (AvgIpc) is 3.10. The highest BCUT2D eigenvalue weighted by Gasteiger charge is 2.43. The third-order valence-corrected chi connectivity index (χ3v) is 8.40. The summed E-state index contributed by atoms with van der Waals surface area (Å²) in [5.41, 5.74) is 2.96. The van der Waals surface area contributed by atoms with Crippen LogP contribution in [0.15, 0.2) is 36.7 Å². The molecule has 2 aromatic heterocycles. The SMILES string of the molecule is CNc1nc(N[C@H]2[C@@H]3CC[C@H]2CN(c2cc(C)ncn2)C3)nc2c1C(C)(C)CCN2c1ccc(F)cc1. The van der Waals surface area contributed by atoms with E-state index >= 15 is 0 Å². The summed E-state index contributed by atoms with van der Waals surface area (Å²) in [5.74, 6) is 4.18. The first-order valence-electron chi connectivity index (χ1n) is 13.3. The van der Waals surface area contributed by atoms with Crippen molar-refractivity contribution in [3.05, 3.63) is 53.7 Å².